The molecule has 4 atom stereocenters. The van der Waals surface area contributed by atoms with E-state index in [4.69, 9.17) is 17.2 Å². The first-order valence-corrected chi connectivity index (χ1v) is 8.18. The molecule has 4 unspecified atom stereocenters. The maximum atomic E-state index is 12.6. The van der Waals surface area contributed by atoms with Gasteiger partial charge in [0.15, 0.2) is 5.78 Å². The first kappa shape index (κ1) is 20.5. The van der Waals surface area contributed by atoms with Gasteiger partial charge in [-0.1, -0.05) is 6.42 Å². The molecule has 0 saturated carbocycles. The third-order valence-electron chi connectivity index (χ3n) is 4.52. The topological polar surface area (TPSA) is 173 Å². The van der Waals surface area contributed by atoms with Crippen LogP contribution in [0.1, 0.15) is 39.0 Å². The standard InChI is InChI=1S/C15H28N4O5/c1-9(20)11(18)12(21)15(14(23)24)6-4-8-19(15)13(22)10(17)5-2-3-7-16/h9-11,20H,2-8,16-18H2,1H3,(H,23,24). The van der Waals surface area contributed by atoms with Gasteiger partial charge >= 0.3 is 5.97 Å². The number of carboxylic acids is 1. The third kappa shape index (κ3) is 3.92. The summed E-state index contributed by atoms with van der Waals surface area (Å²) in [6.45, 7) is 1.90. The van der Waals surface area contributed by atoms with E-state index in [1.807, 2.05) is 0 Å². The summed E-state index contributed by atoms with van der Waals surface area (Å²) in [7, 11) is 0. The minimum absolute atomic E-state index is 0.0388. The average molecular weight is 344 g/mol. The van der Waals surface area contributed by atoms with Crippen molar-refractivity contribution in [3.05, 3.63) is 0 Å². The number of amides is 1. The minimum atomic E-state index is -2.06. The van der Waals surface area contributed by atoms with Crippen LogP contribution in [-0.2, 0) is 14.4 Å². The summed E-state index contributed by atoms with van der Waals surface area (Å²) in [6, 6.07) is -2.29. The molecule has 1 amide bonds. The molecule has 138 valence electrons. The molecule has 0 aromatic carbocycles. The highest BCUT2D eigenvalue weighted by Gasteiger charge is 2.57. The van der Waals surface area contributed by atoms with E-state index in [2.05, 4.69) is 0 Å². The fourth-order valence-electron chi connectivity index (χ4n) is 3.03. The molecule has 1 fully saturated rings. The molecule has 1 aliphatic heterocycles. The number of aliphatic hydroxyl groups is 1. The van der Waals surface area contributed by atoms with Gasteiger partial charge in [0.1, 0.15) is 0 Å². The number of unbranched alkanes of at least 4 members (excludes halogenated alkanes) is 1. The lowest BCUT2D eigenvalue weighted by Crippen LogP contribution is -2.66. The van der Waals surface area contributed by atoms with Gasteiger partial charge in [-0.25, -0.2) is 4.79 Å². The first-order chi connectivity index (χ1) is 11.2. The summed E-state index contributed by atoms with van der Waals surface area (Å²) < 4.78 is 0. The second-order valence-corrected chi connectivity index (χ2v) is 6.28. The largest absolute Gasteiger partial charge is 0.479 e. The zero-order valence-electron chi connectivity index (χ0n) is 14.0. The normalized spacial score (nSPS) is 24.5. The molecular weight excluding hydrogens is 316 g/mol. The van der Waals surface area contributed by atoms with Crippen LogP contribution in [-0.4, -0.2) is 69.6 Å². The fraction of sp³-hybridized carbons (Fsp3) is 0.800. The van der Waals surface area contributed by atoms with Crippen LogP contribution in [0.15, 0.2) is 0 Å². The lowest BCUT2D eigenvalue weighted by atomic mass is 9.84. The van der Waals surface area contributed by atoms with Crippen molar-refractivity contribution in [2.24, 2.45) is 17.2 Å². The highest BCUT2D eigenvalue weighted by molar-refractivity contribution is 6.13. The maximum absolute atomic E-state index is 12.6. The van der Waals surface area contributed by atoms with Crippen LogP contribution >= 0.6 is 0 Å². The Labute approximate surface area is 141 Å². The Kier molecular flexibility index (Phi) is 7.27. The number of hydrogen-bond donors (Lipinski definition) is 5. The monoisotopic (exact) mass is 344 g/mol. The average Bonchev–Trinajstić information content (AvgIpc) is 2.98. The second kappa shape index (κ2) is 8.52. The van der Waals surface area contributed by atoms with E-state index < -0.39 is 41.4 Å². The van der Waals surface area contributed by atoms with Crippen molar-refractivity contribution in [2.45, 2.75) is 62.8 Å². The minimum Gasteiger partial charge on any atom is -0.479 e. The Bertz CT molecular complexity index is 484. The number of carbonyl (C=O) groups is 3. The van der Waals surface area contributed by atoms with Crippen LogP contribution in [0.25, 0.3) is 0 Å². The van der Waals surface area contributed by atoms with Gasteiger partial charge in [-0.3, -0.25) is 9.59 Å². The highest BCUT2D eigenvalue weighted by atomic mass is 16.4. The summed E-state index contributed by atoms with van der Waals surface area (Å²) in [6.07, 6.45) is 0.799. The molecule has 1 rings (SSSR count). The van der Waals surface area contributed by atoms with Crippen molar-refractivity contribution in [3.8, 4) is 0 Å². The number of nitrogens with zero attached hydrogens (tertiary/aromatic N) is 1. The Morgan fingerprint density at radius 2 is 1.88 bits per heavy atom. The molecule has 9 nitrogen and oxygen atoms in total. The van der Waals surface area contributed by atoms with E-state index in [0.717, 1.165) is 4.90 Å². The van der Waals surface area contributed by atoms with Crippen LogP contribution in [0.3, 0.4) is 0 Å². The Balaban J connectivity index is 3.05. The van der Waals surface area contributed by atoms with E-state index in [-0.39, 0.29) is 13.0 Å². The molecule has 1 saturated heterocycles. The molecule has 24 heavy (non-hydrogen) atoms. The van der Waals surface area contributed by atoms with E-state index in [1.165, 1.54) is 6.92 Å². The summed E-state index contributed by atoms with van der Waals surface area (Å²) >= 11 is 0. The summed E-state index contributed by atoms with van der Waals surface area (Å²) in [5, 5.41) is 19.2. The number of ketones is 1. The number of likely N-dealkylation sites (tertiary alicyclic amines) is 1. The van der Waals surface area contributed by atoms with Crippen molar-refractivity contribution >= 4 is 17.7 Å². The second-order valence-electron chi connectivity index (χ2n) is 6.28. The molecule has 1 aliphatic rings. The zero-order chi connectivity index (χ0) is 18.5. The van der Waals surface area contributed by atoms with Gasteiger partial charge in [0.05, 0.1) is 18.2 Å². The van der Waals surface area contributed by atoms with E-state index in [9.17, 15) is 24.6 Å². The number of aliphatic hydroxyl groups excluding tert-OH is 1. The summed E-state index contributed by atoms with van der Waals surface area (Å²) in [5.41, 5.74) is 14.9. The van der Waals surface area contributed by atoms with Crippen LogP contribution in [0.2, 0.25) is 0 Å². The molecule has 1 heterocycles. The van der Waals surface area contributed by atoms with Crippen molar-refractivity contribution in [1.29, 1.82) is 0 Å². The fourth-order valence-corrected chi connectivity index (χ4v) is 3.03. The van der Waals surface area contributed by atoms with Crippen LogP contribution < -0.4 is 17.2 Å². The van der Waals surface area contributed by atoms with Gasteiger partial charge in [0.25, 0.3) is 0 Å². The molecular formula is C15H28N4O5. The van der Waals surface area contributed by atoms with Crippen molar-refractivity contribution in [3.63, 3.8) is 0 Å². The van der Waals surface area contributed by atoms with E-state index in [1.54, 1.807) is 0 Å². The van der Waals surface area contributed by atoms with Crippen molar-refractivity contribution in [2.75, 3.05) is 13.1 Å². The predicted octanol–water partition coefficient (Wildman–Crippen LogP) is -1.83. The Hall–Kier alpha value is -1.55. The Morgan fingerprint density at radius 3 is 2.38 bits per heavy atom. The van der Waals surface area contributed by atoms with Crippen molar-refractivity contribution in [1.82, 2.24) is 4.90 Å². The molecule has 8 N–H and O–H groups in total. The van der Waals surface area contributed by atoms with E-state index >= 15 is 0 Å². The number of Topliss-reactive ketones (excluding diaryl/α,β-unsaturated/α-hetero) is 1. The predicted molar refractivity (Wildman–Crippen MR) is 86.9 cm³/mol. The molecule has 0 aromatic rings. The van der Waals surface area contributed by atoms with Crippen LogP contribution in [0.4, 0.5) is 0 Å². The molecule has 0 aromatic heterocycles. The summed E-state index contributed by atoms with van der Waals surface area (Å²) in [5.74, 6) is -2.90. The molecule has 9 heteroatoms. The number of nitrogens with two attached hydrogens (primary N) is 3. The van der Waals surface area contributed by atoms with Crippen molar-refractivity contribution < 1.29 is 24.6 Å². The molecule has 0 radical (unpaired) electrons. The Morgan fingerprint density at radius 1 is 1.25 bits per heavy atom. The number of hydrogen-bond acceptors (Lipinski definition) is 7. The molecule has 0 spiro atoms. The number of carbonyl (C=O) groups excluding carboxylic acids is 2. The van der Waals surface area contributed by atoms with Crippen LogP contribution in [0.5, 0.6) is 0 Å². The highest BCUT2D eigenvalue weighted by Crippen LogP contribution is 2.33. The third-order valence-corrected chi connectivity index (χ3v) is 4.52. The quantitative estimate of drug-likeness (QED) is 0.240. The lowest BCUT2D eigenvalue weighted by molar-refractivity contribution is -0.163. The van der Waals surface area contributed by atoms with Gasteiger partial charge in [-0.2, -0.15) is 0 Å². The summed E-state index contributed by atoms with van der Waals surface area (Å²) in [4.78, 5) is 38.1. The van der Waals surface area contributed by atoms with Crippen LogP contribution in [0, 0.1) is 0 Å². The maximum Gasteiger partial charge on any atom is 0.337 e. The van der Waals surface area contributed by atoms with Gasteiger partial charge in [-0.05, 0) is 39.2 Å². The number of carboxylic acid groups (broad SMARTS) is 1. The smallest absolute Gasteiger partial charge is 0.337 e. The lowest BCUT2D eigenvalue weighted by Gasteiger charge is -2.36. The first-order valence-electron chi connectivity index (χ1n) is 8.18. The molecule has 0 bridgehead atoms. The van der Waals surface area contributed by atoms with Gasteiger partial charge in [0, 0.05) is 6.54 Å². The van der Waals surface area contributed by atoms with Gasteiger partial charge in [0.2, 0.25) is 11.4 Å². The SMILES string of the molecule is CC(O)C(N)C(=O)C1(C(=O)O)CCCN1C(=O)C(N)CCCCN. The van der Waals surface area contributed by atoms with Gasteiger partial charge in [-0.15, -0.1) is 0 Å². The van der Waals surface area contributed by atoms with Gasteiger partial charge < -0.3 is 32.3 Å². The number of rotatable bonds is 9. The molecule has 0 aliphatic carbocycles. The zero-order valence-corrected chi connectivity index (χ0v) is 14.0. The number of aliphatic carboxylic acids is 1. The van der Waals surface area contributed by atoms with E-state index in [0.29, 0.717) is 32.2 Å².